The van der Waals surface area contributed by atoms with Crippen molar-refractivity contribution in [2.75, 3.05) is 6.54 Å². The first-order chi connectivity index (χ1) is 7.99. The number of aliphatic hydroxyl groups excluding tert-OH is 1. The van der Waals surface area contributed by atoms with Crippen LogP contribution < -0.4 is 0 Å². The summed E-state index contributed by atoms with van der Waals surface area (Å²) in [6.45, 7) is 3.87. The van der Waals surface area contributed by atoms with Crippen LogP contribution in [-0.2, 0) is 0 Å². The largest absolute Gasteiger partial charge is 0.391 e. The Morgan fingerprint density at radius 2 is 2.24 bits per heavy atom. The number of carbonyl (C=O) groups is 1. The average Bonchev–Trinajstić information content (AvgIpc) is 2.61. The number of hydrogen-bond donors (Lipinski definition) is 1. The molecule has 1 saturated heterocycles. The van der Waals surface area contributed by atoms with Gasteiger partial charge in [-0.1, -0.05) is 6.07 Å². The zero-order valence-electron chi connectivity index (χ0n) is 9.98. The number of nitrogens with zero attached hydrogens (tertiary/aromatic N) is 1. The Morgan fingerprint density at radius 3 is 2.76 bits per heavy atom. The van der Waals surface area contributed by atoms with Crippen molar-refractivity contribution < 1.29 is 14.3 Å². The fraction of sp³-hybridized carbons (Fsp3) is 0.462. The number of aliphatic hydroxyl groups is 1. The molecule has 1 aromatic carbocycles. The van der Waals surface area contributed by atoms with Crippen LogP contribution in [0.1, 0.15) is 29.3 Å². The molecule has 1 heterocycles. The molecule has 17 heavy (non-hydrogen) atoms. The summed E-state index contributed by atoms with van der Waals surface area (Å²) in [5.41, 5.74) is 0.866. The molecule has 0 bridgehead atoms. The highest BCUT2D eigenvalue weighted by molar-refractivity contribution is 5.94. The summed E-state index contributed by atoms with van der Waals surface area (Å²) in [7, 11) is 0. The van der Waals surface area contributed by atoms with Gasteiger partial charge in [-0.3, -0.25) is 4.79 Å². The van der Waals surface area contributed by atoms with Gasteiger partial charge >= 0.3 is 0 Å². The van der Waals surface area contributed by atoms with Crippen LogP contribution in [0.5, 0.6) is 0 Å². The van der Waals surface area contributed by atoms with E-state index in [-0.39, 0.29) is 17.8 Å². The highest BCUT2D eigenvalue weighted by Crippen LogP contribution is 2.21. The lowest BCUT2D eigenvalue weighted by Crippen LogP contribution is -2.34. The van der Waals surface area contributed by atoms with Gasteiger partial charge in [0.05, 0.1) is 6.10 Å². The summed E-state index contributed by atoms with van der Waals surface area (Å²) < 4.78 is 13.4. The fourth-order valence-corrected chi connectivity index (χ4v) is 2.18. The SMILES string of the molecule is Cc1ccc(C(=O)N2CC(O)CC2C)cc1F. The lowest BCUT2D eigenvalue weighted by Gasteiger charge is -2.21. The molecule has 3 nitrogen and oxygen atoms in total. The third-order valence-corrected chi connectivity index (χ3v) is 3.23. The van der Waals surface area contributed by atoms with Gasteiger partial charge in [0.2, 0.25) is 0 Å². The number of rotatable bonds is 1. The Balaban J connectivity index is 2.22. The lowest BCUT2D eigenvalue weighted by atomic mass is 10.1. The Kier molecular flexibility index (Phi) is 3.15. The first-order valence-corrected chi connectivity index (χ1v) is 5.74. The minimum absolute atomic E-state index is 0.00173. The van der Waals surface area contributed by atoms with Crippen molar-refractivity contribution in [3.8, 4) is 0 Å². The molecule has 1 aliphatic rings. The van der Waals surface area contributed by atoms with Gasteiger partial charge in [0.15, 0.2) is 0 Å². The van der Waals surface area contributed by atoms with Gasteiger partial charge in [0, 0.05) is 18.2 Å². The zero-order valence-corrected chi connectivity index (χ0v) is 9.98. The molecule has 0 radical (unpaired) electrons. The summed E-state index contributed by atoms with van der Waals surface area (Å²) >= 11 is 0. The zero-order chi connectivity index (χ0) is 12.6. The van der Waals surface area contributed by atoms with Crippen molar-refractivity contribution in [1.29, 1.82) is 0 Å². The van der Waals surface area contributed by atoms with Crippen LogP contribution in [0.25, 0.3) is 0 Å². The van der Waals surface area contributed by atoms with Crippen molar-refractivity contribution in [1.82, 2.24) is 4.90 Å². The summed E-state index contributed by atoms with van der Waals surface area (Å²) in [5.74, 6) is -0.587. The van der Waals surface area contributed by atoms with Crippen molar-refractivity contribution in [3.05, 3.63) is 35.1 Å². The van der Waals surface area contributed by atoms with Gasteiger partial charge in [0.25, 0.3) is 5.91 Å². The highest BCUT2D eigenvalue weighted by Gasteiger charge is 2.31. The van der Waals surface area contributed by atoms with Gasteiger partial charge in [-0.2, -0.15) is 0 Å². The highest BCUT2D eigenvalue weighted by atomic mass is 19.1. The molecule has 2 unspecified atom stereocenters. The number of halogens is 1. The molecule has 0 aromatic heterocycles. The van der Waals surface area contributed by atoms with E-state index in [0.29, 0.717) is 24.1 Å². The molecule has 0 spiro atoms. The minimum Gasteiger partial charge on any atom is -0.391 e. The van der Waals surface area contributed by atoms with Crippen LogP contribution in [0.3, 0.4) is 0 Å². The van der Waals surface area contributed by atoms with Crippen LogP contribution in [0.15, 0.2) is 18.2 Å². The Bertz CT molecular complexity index is 447. The van der Waals surface area contributed by atoms with Crippen LogP contribution >= 0.6 is 0 Å². The first kappa shape index (κ1) is 12.0. The molecule has 2 atom stereocenters. The second-order valence-corrected chi connectivity index (χ2v) is 4.66. The fourth-order valence-electron chi connectivity index (χ4n) is 2.18. The number of carbonyl (C=O) groups excluding carboxylic acids is 1. The van der Waals surface area contributed by atoms with Crippen molar-refractivity contribution in [2.45, 2.75) is 32.4 Å². The normalized spacial score (nSPS) is 24.1. The number of hydrogen-bond acceptors (Lipinski definition) is 2. The molecule has 1 aromatic rings. The molecule has 0 saturated carbocycles. The smallest absolute Gasteiger partial charge is 0.254 e. The standard InChI is InChI=1S/C13H16FNO2/c1-8-3-4-10(6-12(8)14)13(17)15-7-11(16)5-9(15)2/h3-4,6,9,11,16H,5,7H2,1-2H3. The quantitative estimate of drug-likeness (QED) is 0.808. The molecule has 1 amide bonds. The van der Waals surface area contributed by atoms with E-state index in [0.717, 1.165) is 0 Å². The van der Waals surface area contributed by atoms with Crippen LogP contribution in [0.2, 0.25) is 0 Å². The maximum Gasteiger partial charge on any atom is 0.254 e. The third-order valence-electron chi connectivity index (χ3n) is 3.23. The Labute approximate surface area is 99.9 Å². The molecule has 1 fully saturated rings. The summed E-state index contributed by atoms with van der Waals surface area (Å²) in [6.07, 6.45) is 0.115. The van der Waals surface area contributed by atoms with E-state index >= 15 is 0 Å². The maximum absolute atomic E-state index is 13.4. The van der Waals surface area contributed by atoms with Crippen LogP contribution in [-0.4, -0.2) is 34.6 Å². The minimum atomic E-state index is -0.468. The number of benzene rings is 1. The summed E-state index contributed by atoms with van der Waals surface area (Å²) in [4.78, 5) is 13.7. The number of aryl methyl sites for hydroxylation is 1. The Hall–Kier alpha value is -1.42. The van der Waals surface area contributed by atoms with Crippen molar-refractivity contribution in [3.63, 3.8) is 0 Å². The number of β-amino-alcohol motifs (C(OH)–C–C–N with tert-alkyl or cyclic N) is 1. The van der Waals surface area contributed by atoms with Gasteiger partial charge in [0.1, 0.15) is 5.82 Å². The number of amides is 1. The van der Waals surface area contributed by atoms with E-state index in [4.69, 9.17) is 0 Å². The molecule has 4 heteroatoms. The van der Waals surface area contributed by atoms with E-state index in [2.05, 4.69) is 0 Å². The van der Waals surface area contributed by atoms with Crippen molar-refractivity contribution in [2.24, 2.45) is 0 Å². The Morgan fingerprint density at radius 1 is 1.53 bits per heavy atom. The molecule has 1 N–H and O–H groups in total. The molecular formula is C13H16FNO2. The van der Waals surface area contributed by atoms with Gasteiger partial charge in [-0.25, -0.2) is 4.39 Å². The molecule has 92 valence electrons. The van der Waals surface area contributed by atoms with E-state index in [1.54, 1.807) is 24.0 Å². The van der Waals surface area contributed by atoms with E-state index < -0.39 is 6.10 Å². The topological polar surface area (TPSA) is 40.5 Å². The van der Waals surface area contributed by atoms with Crippen molar-refractivity contribution >= 4 is 5.91 Å². The maximum atomic E-state index is 13.4. The van der Waals surface area contributed by atoms with Gasteiger partial charge < -0.3 is 10.0 Å². The average molecular weight is 237 g/mol. The van der Waals surface area contributed by atoms with Gasteiger partial charge in [-0.15, -0.1) is 0 Å². The monoisotopic (exact) mass is 237 g/mol. The van der Waals surface area contributed by atoms with E-state index in [1.807, 2.05) is 6.92 Å². The number of likely N-dealkylation sites (tertiary alicyclic amines) is 1. The molecule has 1 aliphatic heterocycles. The lowest BCUT2D eigenvalue weighted by molar-refractivity contribution is 0.0725. The van der Waals surface area contributed by atoms with Crippen LogP contribution in [0.4, 0.5) is 4.39 Å². The summed E-state index contributed by atoms with van der Waals surface area (Å²) in [6, 6.07) is 4.48. The van der Waals surface area contributed by atoms with Crippen LogP contribution in [0, 0.1) is 12.7 Å². The van der Waals surface area contributed by atoms with E-state index in [1.165, 1.54) is 6.07 Å². The van der Waals surface area contributed by atoms with Gasteiger partial charge in [-0.05, 0) is 38.0 Å². The molecule has 2 rings (SSSR count). The first-order valence-electron chi connectivity index (χ1n) is 5.74. The predicted octanol–water partition coefficient (Wildman–Crippen LogP) is 1.73. The molecule has 0 aliphatic carbocycles. The second kappa shape index (κ2) is 4.45. The molecular weight excluding hydrogens is 221 g/mol. The predicted molar refractivity (Wildman–Crippen MR) is 62.3 cm³/mol. The summed E-state index contributed by atoms with van der Waals surface area (Å²) in [5, 5.41) is 9.50. The third kappa shape index (κ3) is 2.31. The van der Waals surface area contributed by atoms with E-state index in [9.17, 15) is 14.3 Å². The second-order valence-electron chi connectivity index (χ2n) is 4.66.